The summed E-state index contributed by atoms with van der Waals surface area (Å²) in [4.78, 5) is 26.2. The van der Waals surface area contributed by atoms with Crippen molar-refractivity contribution in [3.05, 3.63) is 99.5 Å². The Morgan fingerprint density at radius 2 is 1.60 bits per heavy atom. The van der Waals surface area contributed by atoms with E-state index in [-0.39, 0.29) is 12.5 Å². The number of urea groups is 1. The number of benzene rings is 3. The summed E-state index contributed by atoms with van der Waals surface area (Å²) in [6.45, 7) is 4.88. The highest BCUT2D eigenvalue weighted by molar-refractivity contribution is 6.34. The molecule has 8 nitrogen and oxygen atoms in total. The Kier molecular flexibility index (Phi) is 15.2. The number of aliphatic carboxylic acids is 1. The molecule has 1 unspecified atom stereocenters. The van der Waals surface area contributed by atoms with E-state index in [4.69, 9.17) is 37.4 Å². The van der Waals surface area contributed by atoms with Crippen LogP contribution in [0.4, 0.5) is 4.79 Å². The van der Waals surface area contributed by atoms with Gasteiger partial charge >= 0.3 is 12.0 Å². The van der Waals surface area contributed by atoms with Gasteiger partial charge in [0.15, 0.2) is 6.10 Å². The van der Waals surface area contributed by atoms with Crippen molar-refractivity contribution >= 4 is 35.2 Å². The topological polar surface area (TPSA) is 97.3 Å². The molecule has 43 heavy (non-hydrogen) atoms. The third-order valence-corrected chi connectivity index (χ3v) is 7.03. The molecule has 0 aliphatic rings. The number of nitrogens with one attached hydrogen (secondary N) is 1. The van der Waals surface area contributed by atoms with Crippen LogP contribution in [0.25, 0.3) is 0 Å². The lowest BCUT2D eigenvalue weighted by Gasteiger charge is -2.23. The van der Waals surface area contributed by atoms with Gasteiger partial charge in [0.05, 0.1) is 13.2 Å². The molecular weight excluding hydrogens is 591 g/mol. The minimum atomic E-state index is -0.984. The zero-order chi connectivity index (χ0) is 30.9. The van der Waals surface area contributed by atoms with Crippen molar-refractivity contribution in [1.82, 2.24) is 10.2 Å². The van der Waals surface area contributed by atoms with Gasteiger partial charge in [0.25, 0.3) is 0 Å². The van der Waals surface area contributed by atoms with Gasteiger partial charge in [-0.3, -0.25) is 0 Å². The van der Waals surface area contributed by atoms with Crippen LogP contribution in [0.3, 0.4) is 0 Å². The minimum Gasteiger partial charge on any atom is -0.492 e. The van der Waals surface area contributed by atoms with Crippen molar-refractivity contribution in [3.8, 4) is 5.75 Å². The van der Waals surface area contributed by atoms with Crippen LogP contribution >= 0.6 is 23.2 Å². The maximum Gasteiger partial charge on any atom is 0.333 e. The van der Waals surface area contributed by atoms with E-state index in [9.17, 15) is 14.7 Å². The van der Waals surface area contributed by atoms with Crippen LogP contribution in [-0.4, -0.2) is 67.6 Å². The predicted molar refractivity (Wildman–Crippen MR) is 169 cm³/mol. The first-order chi connectivity index (χ1) is 20.8. The molecule has 0 aromatic heterocycles. The molecule has 0 radical (unpaired) electrons. The average molecular weight is 632 g/mol. The Hall–Kier alpha value is -3.30. The first-order valence-corrected chi connectivity index (χ1v) is 15.2. The van der Waals surface area contributed by atoms with E-state index in [2.05, 4.69) is 5.32 Å². The zero-order valence-electron chi connectivity index (χ0n) is 24.5. The van der Waals surface area contributed by atoms with Gasteiger partial charge in [0.1, 0.15) is 12.4 Å². The summed E-state index contributed by atoms with van der Waals surface area (Å²) < 4.78 is 17.0. The van der Waals surface area contributed by atoms with Crippen molar-refractivity contribution < 1.29 is 28.9 Å². The van der Waals surface area contributed by atoms with Gasteiger partial charge in [0.2, 0.25) is 0 Å². The molecule has 0 bridgehead atoms. The molecule has 1 atom stereocenters. The Bertz CT molecular complexity index is 1240. The van der Waals surface area contributed by atoms with Gasteiger partial charge in [-0.2, -0.15) is 0 Å². The van der Waals surface area contributed by atoms with Crippen LogP contribution in [0.2, 0.25) is 10.0 Å². The predicted octanol–water partition coefficient (Wildman–Crippen LogP) is 6.66. The lowest BCUT2D eigenvalue weighted by atomic mass is 10.1. The van der Waals surface area contributed by atoms with E-state index in [1.807, 2.05) is 54.6 Å². The molecule has 10 heteroatoms. The highest BCUT2D eigenvalue weighted by atomic mass is 35.5. The minimum absolute atomic E-state index is 0.139. The molecule has 0 saturated carbocycles. The van der Waals surface area contributed by atoms with E-state index in [0.29, 0.717) is 61.9 Å². The number of unbranched alkanes of at least 4 members (excludes halogenated alkanes) is 1. The second kappa shape index (κ2) is 19.1. The number of rotatable bonds is 19. The summed E-state index contributed by atoms with van der Waals surface area (Å²) in [5.41, 5.74) is 2.92. The van der Waals surface area contributed by atoms with Crippen LogP contribution in [0.5, 0.6) is 5.75 Å². The summed E-state index contributed by atoms with van der Waals surface area (Å²) in [5, 5.41) is 13.5. The molecule has 0 saturated heterocycles. The maximum atomic E-state index is 13.0. The van der Waals surface area contributed by atoms with Crippen molar-refractivity contribution in [1.29, 1.82) is 0 Å². The summed E-state index contributed by atoms with van der Waals surface area (Å²) in [6, 6.07) is 22.5. The van der Waals surface area contributed by atoms with Gasteiger partial charge < -0.3 is 29.5 Å². The Balaban J connectivity index is 1.46. The summed E-state index contributed by atoms with van der Waals surface area (Å²) in [5.74, 6) is -0.340. The van der Waals surface area contributed by atoms with Crippen LogP contribution in [0, 0.1) is 0 Å². The number of carboxylic acid groups (broad SMARTS) is 1. The number of carbonyl (C=O) groups excluding carboxylic acids is 1. The molecule has 0 aliphatic heterocycles. The van der Waals surface area contributed by atoms with Crippen LogP contribution < -0.4 is 10.1 Å². The van der Waals surface area contributed by atoms with Gasteiger partial charge in [-0.15, -0.1) is 0 Å². The largest absolute Gasteiger partial charge is 0.492 e. The standard InChI is InChI=1S/C33H40Cl2N2O6/c1-2-42-31(32(38)39)22-26-10-12-30(13-11-26)43-19-17-37(33(40)36-15-14-25-8-4-3-5-9-25)16-6-7-18-41-24-27-20-28(34)23-29(35)21-27/h3-5,8-13,20-21,23,31H,2,6-7,14-19,22,24H2,1H3,(H,36,40)(H,38,39). The van der Waals surface area contributed by atoms with Crippen molar-refractivity contribution in [2.24, 2.45) is 0 Å². The van der Waals surface area contributed by atoms with E-state index >= 15 is 0 Å². The third-order valence-electron chi connectivity index (χ3n) is 6.60. The number of hydrogen-bond donors (Lipinski definition) is 2. The number of nitrogens with zero attached hydrogens (tertiary/aromatic N) is 1. The molecule has 0 aliphatic carbocycles. The van der Waals surface area contributed by atoms with Crippen LogP contribution in [0.1, 0.15) is 36.5 Å². The lowest BCUT2D eigenvalue weighted by molar-refractivity contribution is -0.149. The molecule has 0 heterocycles. The van der Waals surface area contributed by atoms with Gasteiger partial charge in [-0.25, -0.2) is 9.59 Å². The third kappa shape index (κ3) is 13.3. The van der Waals surface area contributed by atoms with Gasteiger partial charge in [-0.05, 0) is 73.2 Å². The summed E-state index contributed by atoms with van der Waals surface area (Å²) in [7, 11) is 0. The summed E-state index contributed by atoms with van der Waals surface area (Å²) in [6.07, 6.45) is 1.69. The first-order valence-electron chi connectivity index (χ1n) is 14.5. The fourth-order valence-electron chi connectivity index (χ4n) is 4.40. The lowest BCUT2D eigenvalue weighted by Crippen LogP contribution is -2.43. The SMILES string of the molecule is CCOC(Cc1ccc(OCCN(CCCCOCc2cc(Cl)cc(Cl)c2)C(=O)NCCc2ccccc2)cc1)C(=O)O. The zero-order valence-corrected chi connectivity index (χ0v) is 26.0. The molecular formula is C33H40Cl2N2O6. The molecule has 3 aromatic carbocycles. The Morgan fingerprint density at radius 3 is 2.28 bits per heavy atom. The molecule has 3 rings (SSSR count). The normalized spacial score (nSPS) is 11.6. The molecule has 2 N–H and O–H groups in total. The van der Waals surface area contributed by atoms with E-state index in [0.717, 1.165) is 36.0 Å². The molecule has 232 valence electrons. The van der Waals surface area contributed by atoms with Crippen LogP contribution in [-0.2, 0) is 33.7 Å². The molecule has 2 amide bonds. The number of carbonyl (C=O) groups is 2. The molecule has 0 fully saturated rings. The second-order valence-corrected chi connectivity index (χ2v) is 10.8. The Morgan fingerprint density at radius 1 is 0.884 bits per heavy atom. The van der Waals surface area contributed by atoms with Gasteiger partial charge in [-0.1, -0.05) is 65.7 Å². The number of amides is 2. The number of halogens is 2. The average Bonchev–Trinajstić information content (AvgIpc) is 2.98. The summed E-state index contributed by atoms with van der Waals surface area (Å²) >= 11 is 12.1. The van der Waals surface area contributed by atoms with E-state index in [1.165, 1.54) is 0 Å². The highest BCUT2D eigenvalue weighted by Gasteiger charge is 2.18. The smallest absolute Gasteiger partial charge is 0.333 e. The van der Waals surface area contributed by atoms with E-state index < -0.39 is 12.1 Å². The van der Waals surface area contributed by atoms with Crippen molar-refractivity contribution in [2.45, 2.75) is 45.3 Å². The first kappa shape index (κ1) is 34.2. The highest BCUT2D eigenvalue weighted by Crippen LogP contribution is 2.20. The fourth-order valence-corrected chi connectivity index (χ4v) is 4.98. The maximum absolute atomic E-state index is 13.0. The van der Waals surface area contributed by atoms with Crippen LogP contribution in [0.15, 0.2) is 72.8 Å². The Labute approximate surface area is 263 Å². The second-order valence-electron chi connectivity index (χ2n) is 9.97. The monoisotopic (exact) mass is 630 g/mol. The van der Waals surface area contributed by atoms with Crippen molar-refractivity contribution in [2.75, 3.05) is 39.5 Å². The van der Waals surface area contributed by atoms with Crippen molar-refractivity contribution in [3.63, 3.8) is 0 Å². The fraction of sp³-hybridized carbons (Fsp3) is 0.394. The number of ether oxygens (including phenoxy) is 3. The number of carboxylic acids is 1. The molecule has 3 aromatic rings. The number of hydrogen-bond acceptors (Lipinski definition) is 5. The quantitative estimate of drug-likeness (QED) is 0.144. The van der Waals surface area contributed by atoms with Gasteiger partial charge in [0, 0.05) is 42.8 Å². The van der Waals surface area contributed by atoms with E-state index in [1.54, 1.807) is 30.0 Å². The molecule has 0 spiro atoms.